The van der Waals surface area contributed by atoms with Gasteiger partial charge in [-0.1, -0.05) is 29.5 Å². The van der Waals surface area contributed by atoms with Gasteiger partial charge in [0.15, 0.2) is 4.96 Å². The summed E-state index contributed by atoms with van der Waals surface area (Å²) in [6.45, 7) is 1.90. The molecule has 0 bridgehead atoms. The first kappa shape index (κ1) is 13.9. The molecule has 0 spiro atoms. The Morgan fingerprint density at radius 2 is 2.09 bits per heavy atom. The molecule has 114 valence electrons. The maximum Gasteiger partial charge on any atom is 0.269 e. The Kier molecular flexibility index (Phi) is 3.12. The summed E-state index contributed by atoms with van der Waals surface area (Å²) in [4.78, 5) is 16.1. The first-order chi connectivity index (χ1) is 11.1. The number of rotatable bonds is 3. The van der Waals surface area contributed by atoms with Crippen LogP contribution in [0.2, 0.25) is 0 Å². The molecule has 0 amide bonds. The number of hydrogen-bond acceptors (Lipinski definition) is 4. The highest BCUT2D eigenvalue weighted by atomic mass is 32.1. The Bertz CT molecular complexity index is 1050. The Labute approximate surface area is 136 Å². The molecule has 2 aromatic carbocycles. The third kappa shape index (κ3) is 2.37. The Balaban J connectivity index is 1.71. The molecule has 4 aromatic rings. The van der Waals surface area contributed by atoms with Crippen LogP contribution in [0.25, 0.3) is 15.2 Å². The van der Waals surface area contributed by atoms with E-state index in [1.165, 1.54) is 4.70 Å². The number of thiazole rings is 1. The van der Waals surface area contributed by atoms with E-state index in [0.29, 0.717) is 6.42 Å². The first-order valence-electron chi connectivity index (χ1n) is 7.21. The number of aromatic nitrogens is 2. The molecule has 0 saturated heterocycles. The molecule has 6 heteroatoms. The van der Waals surface area contributed by atoms with E-state index in [2.05, 4.69) is 22.7 Å². The summed E-state index contributed by atoms with van der Waals surface area (Å²) in [5, 5.41) is 10.8. The molecule has 0 aliphatic rings. The van der Waals surface area contributed by atoms with E-state index in [1.807, 2.05) is 25.1 Å². The fraction of sp³-hybridized carbons (Fsp3) is 0.118. The Morgan fingerprint density at radius 1 is 1.26 bits per heavy atom. The molecule has 2 aromatic heterocycles. The summed E-state index contributed by atoms with van der Waals surface area (Å²) >= 11 is 1.67. The molecular formula is C17H13N3O2S. The van der Waals surface area contributed by atoms with Gasteiger partial charge in [0, 0.05) is 24.8 Å². The van der Waals surface area contributed by atoms with Gasteiger partial charge in [0.05, 0.1) is 20.8 Å². The van der Waals surface area contributed by atoms with Crippen molar-refractivity contribution in [2.24, 2.45) is 0 Å². The van der Waals surface area contributed by atoms with E-state index < -0.39 is 0 Å². The number of non-ortho nitro benzene ring substituents is 1. The number of para-hydroxylation sites is 1. The van der Waals surface area contributed by atoms with Crippen molar-refractivity contribution in [2.45, 2.75) is 13.3 Å². The van der Waals surface area contributed by atoms with Gasteiger partial charge < -0.3 is 0 Å². The average molecular weight is 323 g/mol. The molecule has 23 heavy (non-hydrogen) atoms. The number of fused-ring (bicyclic) bond motifs is 3. The highest BCUT2D eigenvalue weighted by molar-refractivity contribution is 7.23. The van der Waals surface area contributed by atoms with Crippen molar-refractivity contribution in [1.29, 1.82) is 0 Å². The van der Waals surface area contributed by atoms with E-state index in [1.54, 1.807) is 23.5 Å². The van der Waals surface area contributed by atoms with Crippen molar-refractivity contribution in [3.63, 3.8) is 0 Å². The summed E-state index contributed by atoms with van der Waals surface area (Å²) in [6.07, 6.45) is 2.72. The molecule has 0 aliphatic carbocycles. The van der Waals surface area contributed by atoms with Crippen molar-refractivity contribution in [1.82, 2.24) is 9.38 Å². The predicted molar refractivity (Wildman–Crippen MR) is 91.2 cm³/mol. The van der Waals surface area contributed by atoms with Crippen LogP contribution in [0.5, 0.6) is 0 Å². The zero-order valence-corrected chi connectivity index (χ0v) is 13.2. The topological polar surface area (TPSA) is 60.4 Å². The summed E-state index contributed by atoms with van der Waals surface area (Å²) in [6, 6.07) is 13.2. The second-order valence-corrected chi connectivity index (χ2v) is 6.51. The van der Waals surface area contributed by atoms with Gasteiger partial charge in [-0.05, 0) is 30.2 Å². The van der Waals surface area contributed by atoms with Crippen LogP contribution in [0.4, 0.5) is 5.69 Å². The summed E-state index contributed by atoms with van der Waals surface area (Å²) in [5.74, 6) is 0. The number of nitro benzene ring substituents is 1. The summed E-state index contributed by atoms with van der Waals surface area (Å²) in [5.41, 5.74) is 4.24. The minimum atomic E-state index is -0.366. The third-order valence-corrected chi connectivity index (χ3v) is 4.99. The number of benzene rings is 2. The Hall–Kier alpha value is -2.73. The van der Waals surface area contributed by atoms with Gasteiger partial charge in [0.2, 0.25) is 0 Å². The molecule has 2 heterocycles. The second kappa shape index (κ2) is 5.17. The molecule has 0 saturated carbocycles. The highest BCUT2D eigenvalue weighted by Gasteiger charge is 2.12. The zero-order valence-electron chi connectivity index (χ0n) is 12.4. The van der Waals surface area contributed by atoms with Crippen LogP contribution in [0.1, 0.15) is 16.8 Å². The van der Waals surface area contributed by atoms with Crippen molar-refractivity contribution in [2.75, 3.05) is 0 Å². The van der Waals surface area contributed by atoms with Crippen LogP contribution in [0.3, 0.4) is 0 Å². The molecule has 0 aliphatic heterocycles. The van der Waals surface area contributed by atoms with Crippen LogP contribution in [-0.4, -0.2) is 14.3 Å². The van der Waals surface area contributed by atoms with Gasteiger partial charge in [-0.3, -0.25) is 14.5 Å². The molecule has 0 unspecified atom stereocenters. The minimum absolute atomic E-state index is 0.128. The highest BCUT2D eigenvalue weighted by Crippen LogP contribution is 2.27. The van der Waals surface area contributed by atoms with Gasteiger partial charge in [0.1, 0.15) is 0 Å². The lowest BCUT2D eigenvalue weighted by atomic mass is 10.0. The lowest BCUT2D eigenvalue weighted by molar-refractivity contribution is -0.384. The maximum absolute atomic E-state index is 10.8. The average Bonchev–Trinajstić information content (AvgIpc) is 3.06. The predicted octanol–water partition coefficient (Wildman–Crippen LogP) is 4.36. The molecule has 0 N–H and O–H groups in total. The van der Waals surface area contributed by atoms with Crippen LogP contribution in [-0.2, 0) is 6.42 Å². The van der Waals surface area contributed by atoms with Gasteiger partial charge in [0.25, 0.3) is 5.69 Å². The van der Waals surface area contributed by atoms with Gasteiger partial charge in [-0.15, -0.1) is 0 Å². The van der Waals surface area contributed by atoms with Crippen molar-refractivity contribution in [3.8, 4) is 0 Å². The monoisotopic (exact) mass is 323 g/mol. The SMILES string of the molecule is Cc1cc([N+](=O)[O-])ccc1Cc1cn2c(n1)sc1ccccc12. The Morgan fingerprint density at radius 3 is 2.87 bits per heavy atom. The fourth-order valence-corrected chi connectivity index (χ4v) is 3.79. The number of nitro groups is 1. The first-order valence-corrected chi connectivity index (χ1v) is 8.03. The van der Waals surface area contributed by atoms with Crippen LogP contribution in [0.15, 0.2) is 48.7 Å². The van der Waals surface area contributed by atoms with Gasteiger partial charge >= 0.3 is 0 Å². The lowest BCUT2D eigenvalue weighted by Gasteiger charge is -2.03. The number of hydrogen-bond donors (Lipinski definition) is 0. The molecular weight excluding hydrogens is 310 g/mol. The zero-order chi connectivity index (χ0) is 16.0. The van der Waals surface area contributed by atoms with E-state index >= 15 is 0 Å². The van der Waals surface area contributed by atoms with Gasteiger partial charge in [-0.25, -0.2) is 4.98 Å². The number of aryl methyl sites for hydroxylation is 1. The van der Waals surface area contributed by atoms with Gasteiger partial charge in [-0.2, -0.15) is 0 Å². The quantitative estimate of drug-likeness (QED) is 0.416. The largest absolute Gasteiger partial charge is 0.290 e. The van der Waals surface area contributed by atoms with E-state index in [0.717, 1.165) is 27.3 Å². The fourth-order valence-electron chi connectivity index (χ4n) is 2.77. The van der Waals surface area contributed by atoms with Crippen molar-refractivity contribution >= 4 is 32.2 Å². The molecule has 0 atom stereocenters. The molecule has 4 rings (SSSR count). The third-order valence-electron chi connectivity index (χ3n) is 3.96. The number of nitrogens with zero attached hydrogens (tertiary/aromatic N) is 3. The second-order valence-electron chi connectivity index (χ2n) is 5.50. The van der Waals surface area contributed by atoms with Crippen LogP contribution in [0, 0.1) is 17.0 Å². The standard InChI is InChI=1S/C17H13N3O2S/c1-11-8-14(20(21)22)7-6-12(11)9-13-10-19-15-4-2-3-5-16(15)23-17(19)18-13/h2-8,10H,9H2,1H3. The minimum Gasteiger partial charge on any atom is -0.290 e. The molecule has 0 fully saturated rings. The number of imidazole rings is 1. The van der Waals surface area contributed by atoms with E-state index in [-0.39, 0.29) is 10.6 Å². The van der Waals surface area contributed by atoms with Crippen molar-refractivity contribution < 1.29 is 4.92 Å². The van der Waals surface area contributed by atoms with Crippen molar-refractivity contribution in [3.05, 3.63) is 75.6 Å². The van der Waals surface area contributed by atoms with E-state index in [4.69, 9.17) is 4.98 Å². The lowest BCUT2D eigenvalue weighted by Crippen LogP contribution is -1.95. The van der Waals surface area contributed by atoms with E-state index in [9.17, 15) is 10.1 Å². The smallest absolute Gasteiger partial charge is 0.269 e. The summed E-state index contributed by atoms with van der Waals surface area (Å²) in [7, 11) is 0. The molecule has 5 nitrogen and oxygen atoms in total. The maximum atomic E-state index is 10.8. The summed E-state index contributed by atoms with van der Waals surface area (Å²) < 4.78 is 3.32. The van der Waals surface area contributed by atoms with Crippen LogP contribution < -0.4 is 0 Å². The normalized spacial score (nSPS) is 11.3. The van der Waals surface area contributed by atoms with Crippen LogP contribution >= 0.6 is 11.3 Å². The molecule has 0 radical (unpaired) electrons.